The van der Waals surface area contributed by atoms with Crippen molar-refractivity contribution in [2.75, 3.05) is 0 Å². The molecule has 0 unspecified atom stereocenters. The van der Waals surface area contributed by atoms with Crippen molar-refractivity contribution in [2.24, 2.45) is 11.8 Å². The average Bonchev–Trinajstić information content (AvgIpc) is 3.09. The van der Waals surface area contributed by atoms with Gasteiger partial charge in [-0.1, -0.05) is 66.7 Å². The Morgan fingerprint density at radius 2 is 1.06 bits per heavy atom. The molecule has 1 fully saturated rings. The molecule has 2 bridgehead atoms. The third-order valence-electron chi connectivity index (χ3n) is 6.83. The van der Waals surface area contributed by atoms with Crippen LogP contribution in [-0.2, 0) is 19.3 Å². The lowest BCUT2D eigenvalue weighted by molar-refractivity contribution is -0.142. The molecule has 2 atom stereocenters. The van der Waals surface area contributed by atoms with E-state index in [2.05, 4.69) is 5.43 Å². The molecule has 0 spiro atoms. The van der Waals surface area contributed by atoms with Crippen molar-refractivity contribution in [3.8, 4) is 0 Å². The van der Waals surface area contributed by atoms with Gasteiger partial charge in [-0.25, -0.2) is 0 Å². The molecule has 32 heavy (non-hydrogen) atoms. The average molecular weight is 463 g/mol. The van der Waals surface area contributed by atoms with Gasteiger partial charge in [0.05, 0.1) is 11.8 Å². The Balaban J connectivity index is 1.52. The third-order valence-corrected chi connectivity index (χ3v) is 8.12. The molecule has 0 aromatic heterocycles. The van der Waals surface area contributed by atoms with Crippen LogP contribution < -0.4 is 5.43 Å². The van der Waals surface area contributed by atoms with Crippen molar-refractivity contribution in [1.82, 2.24) is 10.4 Å². The van der Waals surface area contributed by atoms with Gasteiger partial charge >= 0.3 is 0 Å². The van der Waals surface area contributed by atoms with Crippen molar-refractivity contribution in [3.05, 3.63) is 107 Å². The molecule has 7 heteroatoms. The Labute approximate surface area is 193 Å². The van der Waals surface area contributed by atoms with Crippen LogP contribution in [0.25, 0.3) is 0 Å². The molecule has 3 aliphatic carbocycles. The Morgan fingerprint density at radius 1 is 0.688 bits per heavy atom. The highest BCUT2D eigenvalue weighted by atomic mass is 35.5. The molecule has 0 radical (unpaired) electrons. The highest BCUT2D eigenvalue weighted by molar-refractivity contribution is 6.36. The number of imide groups is 1. The van der Waals surface area contributed by atoms with Gasteiger partial charge in [-0.05, 0) is 34.4 Å². The van der Waals surface area contributed by atoms with Crippen LogP contribution in [0.4, 0.5) is 0 Å². The first-order chi connectivity index (χ1) is 15.4. The molecular formula is C25H16Cl2N2O3. The first-order valence-electron chi connectivity index (χ1n) is 10.2. The smallest absolute Gasteiger partial charge is 0.270 e. The summed E-state index contributed by atoms with van der Waals surface area (Å²) in [6.07, 6.45) is 0. The van der Waals surface area contributed by atoms with E-state index >= 15 is 0 Å². The van der Waals surface area contributed by atoms with Crippen LogP contribution in [0.3, 0.4) is 0 Å². The van der Waals surface area contributed by atoms with E-state index in [4.69, 9.17) is 23.2 Å². The zero-order chi connectivity index (χ0) is 22.3. The van der Waals surface area contributed by atoms with Gasteiger partial charge in [-0.15, -0.1) is 23.2 Å². The third kappa shape index (κ3) is 2.17. The number of hydrogen-bond donors (Lipinski definition) is 1. The topological polar surface area (TPSA) is 66.5 Å². The molecule has 1 N–H and O–H groups in total. The summed E-state index contributed by atoms with van der Waals surface area (Å²) in [5, 5.41) is 0.802. The fourth-order valence-corrected chi connectivity index (χ4v) is 6.63. The van der Waals surface area contributed by atoms with Gasteiger partial charge < -0.3 is 0 Å². The number of alkyl halides is 2. The molecule has 158 valence electrons. The van der Waals surface area contributed by atoms with E-state index in [0.717, 1.165) is 5.01 Å². The van der Waals surface area contributed by atoms with Crippen LogP contribution in [-0.4, -0.2) is 22.7 Å². The molecule has 7 rings (SSSR count). The zero-order valence-corrected chi connectivity index (χ0v) is 18.1. The number of rotatable bonds is 2. The lowest BCUT2D eigenvalue weighted by Crippen LogP contribution is -2.57. The SMILES string of the molecule is O=C(NN1C(=O)[C@@H]2[C@H](C1=O)C1(Cl)c3ccccc3C2(Cl)c2ccccc21)c1ccccc1. The molecular weight excluding hydrogens is 447 g/mol. The monoisotopic (exact) mass is 462 g/mol. The van der Waals surface area contributed by atoms with E-state index in [0.29, 0.717) is 27.8 Å². The number of hydrogen-bond acceptors (Lipinski definition) is 3. The van der Waals surface area contributed by atoms with Crippen molar-refractivity contribution in [3.63, 3.8) is 0 Å². The first-order valence-corrected chi connectivity index (χ1v) is 11.0. The highest BCUT2D eigenvalue weighted by Crippen LogP contribution is 2.69. The van der Waals surface area contributed by atoms with Gasteiger partial charge in [0.25, 0.3) is 17.7 Å². The second kappa shape index (κ2) is 6.44. The van der Waals surface area contributed by atoms with Crippen LogP contribution in [0.15, 0.2) is 78.9 Å². The van der Waals surface area contributed by atoms with E-state index in [1.165, 1.54) is 0 Å². The summed E-state index contributed by atoms with van der Waals surface area (Å²) in [6.45, 7) is 0. The second-order valence-corrected chi connectivity index (χ2v) is 9.48. The molecule has 0 saturated carbocycles. The van der Waals surface area contributed by atoms with Gasteiger partial charge in [0.2, 0.25) is 0 Å². The largest absolute Gasteiger partial charge is 0.272 e. The molecule has 3 aromatic rings. The van der Waals surface area contributed by atoms with Crippen molar-refractivity contribution in [1.29, 1.82) is 0 Å². The van der Waals surface area contributed by atoms with Crippen molar-refractivity contribution < 1.29 is 14.4 Å². The van der Waals surface area contributed by atoms with Gasteiger partial charge in [0.15, 0.2) is 0 Å². The molecule has 1 aliphatic heterocycles. The van der Waals surface area contributed by atoms with Gasteiger partial charge in [-0.3, -0.25) is 19.8 Å². The predicted octanol–water partition coefficient (Wildman–Crippen LogP) is 3.92. The molecule has 5 nitrogen and oxygen atoms in total. The second-order valence-electron chi connectivity index (χ2n) is 8.29. The predicted molar refractivity (Wildman–Crippen MR) is 119 cm³/mol. The molecule has 3 aromatic carbocycles. The van der Waals surface area contributed by atoms with E-state index in [1.807, 2.05) is 48.5 Å². The summed E-state index contributed by atoms with van der Waals surface area (Å²) in [5.74, 6) is -3.58. The summed E-state index contributed by atoms with van der Waals surface area (Å²) in [5.41, 5.74) is 5.68. The molecule has 3 amide bonds. The molecule has 1 heterocycles. The number of nitrogens with one attached hydrogen (secondary N) is 1. The number of carbonyl (C=O) groups is 3. The Bertz CT molecular complexity index is 1200. The number of amides is 3. The van der Waals surface area contributed by atoms with Gasteiger partial charge in [0, 0.05) is 5.56 Å². The maximum atomic E-state index is 13.6. The van der Waals surface area contributed by atoms with Gasteiger partial charge in [0.1, 0.15) is 9.75 Å². The lowest BCUT2D eigenvalue weighted by Gasteiger charge is -2.54. The Kier molecular flexibility index (Phi) is 3.93. The van der Waals surface area contributed by atoms with Crippen LogP contribution in [0, 0.1) is 11.8 Å². The van der Waals surface area contributed by atoms with Gasteiger partial charge in [-0.2, -0.15) is 5.01 Å². The highest BCUT2D eigenvalue weighted by Gasteiger charge is 2.73. The maximum Gasteiger partial charge on any atom is 0.270 e. The first kappa shape index (κ1) is 19.5. The molecule has 1 saturated heterocycles. The molecule has 4 aliphatic rings. The number of benzene rings is 3. The Morgan fingerprint density at radius 3 is 1.47 bits per heavy atom. The van der Waals surface area contributed by atoms with E-state index in [-0.39, 0.29) is 0 Å². The van der Waals surface area contributed by atoms with Crippen LogP contribution in [0.1, 0.15) is 32.6 Å². The van der Waals surface area contributed by atoms with Crippen molar-refractivity contribution in [2.45, 2.75) is 9.75 Å². The van der Waals surface area contributed by atoms with Crippen LogP contribution in [0.2, 0.25) is 0 Å². The zero-order valence-electron chi connectivity index (χ0n) is 16.6. The Hall–Kier alpha value is -3.15. The quantitative estimate of drug-likeness (QED) is 0.463. The number of nitrogens with zero attached hydrogens (tertiary/aromatic N) is 1. The minimum atomic E-state index is -1.27. The standard InChI is InChI=1S/C25H16Cl2N2O3/c26-24-15-10-4-5-11-16(15)25(27,18-13-7-6-12-17(18)24)20-19(24)22(31)29(23(20)32)28-21(30)14-8-2-1-3-9-14/h1-13,19-20H,(H,28,30)/t19-,20+,24?,25?. The summed E-state index contributed by atoms with van der Waals surface area (Å²) < 4.78 is 0. The maximum absolute atomic E-state index is 13.6. The summed E-state index contributed by atoms with van der Waals surface area (Å²) in [7, 11) is 0. The van der Waals surface area contributed by atoms with E-state index < -0.39 is 39.3 Å². The summed E-state index contributed by atoms with van der Waals surface area (Å²) >= 11 is 14.7. The van der Waals surface area contributed by atoms with Crippen LogP contribution in [0.5, 0.6) is 0 Å². The number of carbonyl (C=O) groups excluding carboxylic acids is 3. The summed E-state index contributed by atoms with van der Waals surface area (Å²) in [4.78, 5) is 37.5. The lowest BCUT2D eigenvalue weighted by atomic mass is 9.54. The normalized spacial score (nSPS) is 29.4. The van der Waals surface area contributed by atoms with E-state index in [9.17, 15) is 14.4 Å². The number of halogens is 2. The summed E-state index contributed by atoms with van der Waals surface area (Å²) in [6, 6.07) is 23.2. The van der Waals surface area contributed by atoms with E-state index in [1.54, 1.807) is 30.3 Å². The minimum absolute atomic E-state index is 0.332. The number of hydrazine groups is 1. The van der Waals surface area contributed by atoms with Crippen molar-refractivity contribution >= 4 is 40.9 Å². The van der Waals surface area contributed by atoms with Crippen LogP contribution >= 0.6 is 23.2 Å². The fourth-order valence-electron chi connectivity index (χ4n) is 5.53. The minimum Gasteiger partial charge on any atom is -0.272 e. The fraction of sp³-hybridized carbons (Fsp3) is 0.160.